The van der Waals surface area contributed by atoms with Crippen LogP contribution in [-0.4, -0.2) is 15.0 Å². The highest BCUT2D eigenvalue weighted by atomic mass is 79.9. The van der Waals surface area contributed by atoms with Gasteiger partial charge in [0.25, 0.3) is 10.0 Å². The van der Waals surface area contributed by atoms with Crippen molar-refractivity contribution in [3.05, 3.63) is 53.0 Å². The Morgan fingerprint density at radius 2 is 1.86 bits per heavy atom. The van der Waals surface area contributed by atoms with E-state index in [9.17, 15) is 8.42 Å². The van der Waals surface area contributed by atoms with Crippen molar-refractivity contribution in [1.82, 2.24) is 0 Å². The summed E-state index contributed by atoms with van der Waals surface area (Å²) in [5, 5.41) is 0. The van der Waals surface area contributed by atoms with Gasteiger partial charge in [0.15, 0.2) is 0 Å². The first-order valence-electron chi connectivity index (χ1n) is 6.59. The maximum Gasteiger partial charge on any atom is 0.265 e. The van der Waals surface area contributed by atoms with Crippen LogP contribution in [0.5, 0.6) is 0 Å². The molecule has 4 nitrogen and oxygen atoms in total. The van der Waals surface area contributed by atoms with E-state index in [1.807, 2.05) is 6.92 Å². The molecule has 2 aromatic rings. The van der Waals surface area contributed by atoms with Gasteiger partial charge in [0.1, 0.15) is 4.90 Å². The van der Waals surface area contributed by atoms with Gasteiger partial charge in [0, 0.05) is 16.7 Å². The number of benzene rings is 2. The second-order valence-corrected chi connectivity index (χ2v) is 7.29. The second-order valence-electron chi connectivity index (χ2n) is 4.60. The van der Waals surface area contributed by atoms with Gasteiger partial charge in [-0.15, -0.1) is 0 Å². The van der Waals surface area contributed by atoms with Crippen LogP contribution in [0.25, 0.3) is 0 Å². The number of nitrogens with two attached hydrogens (primary N) is 1. The van der Waals surface area contributed by atoms with E-state index in [0.29, 0.717) is 28.8 Å². The Morgan fingerprint density at radius 1 is 1.14 bits per heavy atom. The van der Waals surface area contributed by atoms with Crippen molar-refractivity contribution in [1.29, 1.82) is 0 Å². The molecule has 0 spiro atoms. The molecule has 0 heterocycles. The van der Waals surface area contributed by atoms with Crippen molar-refractivity contribution >= 4 is 37.3 Å². The molecule has 112 valence electrons. The molecule has 0 aromatic heterocycles. The highest BCUT2D eigenvalue weighted by Crippen LogP contribution is 2.29. The van der Waals surface area contributed by atoms with Gasteiger partial charge in [-0.3, -0.25) is 4.31 Å². The lowest BCUT2D eigenvalue weighted by molar-refractivity contribution is 0.589. The monoisotopic (exact) mass is 368 g/mol. The number of hydrogen-bond acceptors (Lipinski definition) is 3. The SMILES string of the molecule is CCCN(c1cccc(N)c1)S(=O)(=O)c1ccccc1Br. The van der Waals surface area contributed by atoms with Crippen molar-refractivity contribution < 1.29 is 8.42 Å². The standard InChI is InChI=1S/C15H17BrN2O2S/c1-2-10-18(13-7-5-6-12(17)11-13)21(19,20)15-9-4-3-8-14(15)16/h3-9,11H,2,10,17H2,1H3. The first-order chi connectivity index (χ1) is 9.96. The molecule has 0 saturated carbocycles. The molecule has 0 unspecified atom stereocenters. The van der Waals surface area contributed by atoms with Gasteiger partial charge in [0.2, 0.25) is 0 Å². The van der Waals surface area contributed by atoms with E-state index in [-0.39, 0.29) is 4.90 Å². The number of nitrogen functional groups attached to an aromatic ring is 1. The number of sulfonamides is 1. The summed E-state index contributed by atoms with van der Waals surface area (Å²) in [5.74, 6) is 0. The molecule has 2 rings (SSSR count). The molecule has 0 saturated heterocycles. The predicted molar refractivity (Wildman–Crippen MR) is 89.8 cm³/mol. The van der Waals surface area contributed by atoms with Gasteiger partial charge in [-0.05, 0) is 52.7 Å². The normalized spacial score (nSPS) is 11.3. The van der Waals surface area contributed by atoms with E-state index in [2.05, 4.69) is 15.9 Å². The van der Waals surface area contributed by atoms with Crippen LogP contribution in [0.15, 0.2) is 57.9 Å². The summed E-state index contributed by atoms with van der Waals surface area (Å²) < 4.78 is 27.8. The number of halogens is 1. The van der Waals surface area contributed by atoms with Gasteiger partial charge < -0.3 is 5.73 Å². The Morgan fingerprint density at radius 3 is 2.48 bits per heavy atom. The molecular weight excluding hydrogens is 352 g/mol. The Labute approximate surface area is 133 Å². The van der Waals surface area contributed by atoms with E-state index < -0.39 is 10.0 Å². The largest absolute Gasteiger partial charge is 0.399 e. The zero-order valence-electron chi connectivity index (χ0n) is 11.7. The van der Waals surface area contributed by atoms with Crippen LogP contribution in [0.4, 0.5) is 11.4 Å². The van der Waals surface area contributed by atoms with Gasteiger partial charge in [-0.25, -0.2) is 8.42 Å². The summed E-state index contributed by atoms with van der Waals surface area (Å²) in [4.78, 5) is 0.251. The summed E-state index contributed by atoms with van der Waals surface area (Å²) in [6, 6.07) is 13.7. The first kappa shape index (κ1) is 15.9. The maximum atomic E-state index is 12.9. The second kappa shape index (κ2) is 6.49. The molecule has 6 heteroatoms. The lowest BCUT2D eigenvalue weighted by atomic mass is 10.3. The molecule has 2 aromatic carbocycles. The third-order valence-electron chi connectivity index (χ3n) is 2.99. The van der Waals surface area contributed by atoms with E-state index in [1.165, 1.54) is 4.31 Å². The minimum Gasteiger partial charge on any atom is -0.399 e. The molecule has 0 amide bonds. The van der Waals surface area contributed by atoms with E-state index in [1.54, 1.807) is 48.5 Å². The molecule has 0 aliphatic rings. The minimum atomic E-state index is -3.63. The van der Waals surface area contributed by atoms with Crippen molar-refractivity contribution in [3.63, 3.8) is 0 Å². The number of nitrogens with zero attached hydrogens (tertiary/aromatic N) is 1. The summed E-state index contributed by atoms with van der Waals surface area (Å²) in [6.45, 7) is 2.34. The van der Waals surface area contributed by atoms with Crippen LogP contribution in [0, 0.1) is 0 Å². The van der Waals surface area contributed by atoms with Crippen LogP contribution in [0.3, 0.4) is 0 Å². The van der Waals surface area contributed by atoms with E-state index >= 15 is 0 Å². The summed E-state index contributed by atoms with van der Waals surface area (Å²) in [6.07, 6.45) is 0.707. The molecule has 0 aliphatic heterocycles. The first-order valence-corrected chi connectivity index (χ1v) is 8.83. The number of rotatable bonds is 5. The van der Waals surface area contributed by atoms with Crippen molar-refractivity contribution in [3.8, 4) is 0 Å². The number of hydrogen-bond donors (Lipinski definition) is 1. The molecule has 0 fully saturated rings. The smallest absolute Gasteiger partial charge is 0.265 e. The molecule has 0 aliphatic carbocycles. The summed E-state index contributed by atoms with van der Waals surface area (Å²) in [7, 11) is -3.63. The third kappa shape index (κ3) is 3.39. The van der Waals surface area contributed by atoms with Crippen molar-refractivity contribution in [2.24, 2.45) is 0 Å². The van der Waals surface area contributed by atoms with E-state index in [4.69, 9.17) is 5.73 Å². The Kier molecular flexibility index (Phi) is 4.90. The van der Waals surface area contributed by atoms with Crippen molar-refractivity contribution in [2.45, 2.75) is 18.2 Å². The highest BCUT2D eigenvalue weighted by Gasteiger charge is 2.26. The third-order valence-corrected chi connectivity index (χ3v) is 5.83. The van der Waals surface area contributed by atoms with Gasteiger partial charge >= 0.3 is 0 Å². The van der Waals surface area contributed by atoms with E-state index in [0.717, 1.165) is 0 Å². The van der Waals surface area contributed by atoms with Gasteiger partial charge in [-0.2, -0.15) is 0 Å². The van der Waals surface area contributed by atoms with Gasteiger partial charge in [0.05, 0.1) is 5.69 Å². The molecule has 0 bridgehead atoms. The van der Waals surface area contributed by atoms with Crippen molar-refractivity contribution in [2.75, 3.05) is 16.6 Å². The zero-order chi connectivity index (χ0) is 15.5. The van der Waals surface area contributed by atoms with Crippen LogP contribution >= 0.6 is 15.9 Å². The molecule has 0 radical (unpaired) electrons. The zero-order valence-corrected chi connectivity index (χ0v) is 14.1. The van der Waals surface area contributed by atoms with Crippen LogP contribution in [-0.2, 0) is 10.0 Å². The predicted octanol–water partition coefficient (Wildman–Crippen LogP) is 3.64. The van der Waals surface area contributed by atoms with Crippen LogP contribution in [0.1, 0.15) is 13.3 Å². The molecule has 21 heavy (non-hydrogen) atoms. The lowest BCUT2D eigenvalue weighted by Gasteiger charge is -2.24. The topological polar surface area (TPSA) is 63.4 Å². The fraction of sp³-hybridized carbons (Fsp3) is 0.200. The Balaban J connectivity index is 2.54. The molecule has 2 N–H and O–H groups in total. The Hall–Kier alpha value is -1.53. The van der Waals surface area contributed by atoms with Gasteiger partial charge in [-0.1, -0.05) is 25.1 Å². The highest BCUT2D eigenvalue weighted by molar-refractivity contribution is 9.10. The maximum absolute atomic E-state index is 12.9. The summed E-state index contributed by atoms with van der Waals surface area (Å²) in [5.41, 5.74) is 6.89. The lowest BCUT2D eigenvalue weighted by Crippen LogP contribution is -2.32. The minimum absolute atomic E-state index is 0.251. The fourth-order valence-electron chi connectivity index (χ4n) is 2.04. The van der Waals surface area contributed by atoms with Crippen LogP contribution in [0.2, 0.25) is 0 Å². The average Bonchev–Trinajstić information content (AvgIpc) is 2.44. The molecular formula is C15H17BrN2O2S. The number of anilines is 2. The average molecular weight is 369 g/mol. The van der Waals surface area contributed by atoms with Crippen LogP contribution < -0.4 is 10.0 Å². The summed E-state index contributed by atoms with van der Waals surface area (Å²) >= 11 is 3.31. The molecule has 0 atom stereocenters. The fourth-order valence-corrected chi connectivity index (χ4v) is 4.56. The quantitative estimate of drug-likeness (QED) is 0.819. The Bertz CT molecular complexity index is 732.